The maximum Gasteiger partial charge on any atom is 0.305 e. The molecule has 0 aliphatic carbocycles. The number of nitro benzene ring substituents is 1. The second-order valence-corrected chi connectivity index (χ2v) is 6.97. The number of carbonyl (C=O) groups excluding carboxylic acids is 3. The summed E-state index contributed by atoms with van der Waals surface area (Å²) >= 11 is 0. The number of nitrogens with zero attached hydrogens (tertiary/aromatic N) is 1. The molecule has 0 fully saturated rings. The Morgan fingerprint density at radius 3 is 2.26 bits per heavy atom. The van der Waals surface area contributed by atoms with Crippen LogP contribution in [0.15, 0.2) is 48.5 Å². The average molecular weight is 430 g/mol. The molecule has 0 heterocycles. The van der Waals surface area contributed by atoms with Crippen molar-refractivity contribution in [1.29, 1.82) is 0 Å². The monoisotopic (exact) mass is 430 g/mol. The quantitative estimate of drug-likeness (QED) is 0.389. The Kier molecular flexibility index (Phi) is 8.18. The molecule has 2 rings (SSSR count). The lowest BCUT2D eigenvalue weighted by molar-refractivity contribution is -0.387. The predicted octanol–water partition coefficient (Wildman–Crippen LogP) is 1.90. The summed E-state index contributed by atoms with van der Waals surface area (Å²) in [7, 11) is 0. The molecule has 10 heteroatoms. The standard InChI is InChI=1S/C21H23FN4O5/c1-13(15-5-3-2-4-6-15)24-19(27)9-10-20(28)25-17(21(23)29)11-14-7-8-16(22)18(12-14)26(30)31/h2-8,12-13,17H,9-11H2,1H3,(H2,23,29)(H,24,27)(H,25,28)/t13-,17+/m1/s1. The zero-order valence-electron chi connectivity index (χ0n) is 16.8. The van der Waals surface area contributed by atoms with Crippen molar-refractivity contribution in [2.75, 3.05) is 0 Å². The highest BCUT2D eigenvalue weighted by Gasteiger charge is 2.22. The van der Waals surface area contributed by atoms with Gasteiger partial charge in [-0.05, 0) is 24.1 Å². The van der Waals surface area contributed by atoms with Crippen molar-refractivity contribution in [3.8, 4) is 0 Å². The Morgan fingerprint density at radius 2 is 1.68 bits per heavy atom. The van der Waals surface area contributed by atoms with E-state index in [1.807, 2.05) is 37.3 Å². The number of carbonyl (C=O) groups is 3. The molecule has 2 atom stereocenters. The second kappa shape index (κ2) is 10.8. The van der Waals surface area contributed by atoms with E-state index in [1.165, 1.54) is 6.07 Å². The van der Waals surface area contributed by atoms with Crippen LogP contribution in [0.4, 0.5) is 10.1 Å². The van der Waals surface area contributed by atoms with E-state index in [4.69, 9.17) is 5.73 Å². The summed E-state index contributed by atoms with van der Waals surface area (Å²) < 4.78 is 13.5. The molecule has 9 nitrogen and oxygen atoms in total. The number of nitro groups is 1. The summed E-state index contributed by atoms with van der Waals surface area (Å²) in [6, 6.07) is 11.1. The summed E-state index contributed by atoms with van der Waals surface area (Å²) in [6.45, 7) is 1.82. The summed E-state index contributed by atoms with van der Waals surface area (Å²) in [6.07, 6.45) is -0.434. The minimum absolute atomic E-state index is 0.101. The first-order valence-corrected chi connectivity index (χ1v) is 9.53. The third-order valence-electron chi connectivity index (χ3n) is 4.58. The molecule has 0 aromatic heterocycles. The number of amides is 3. The number of halogens is 1. The van der Waals surface area contributed by atoms with Gasteiger partial charge in [-0.2, -0.15) is 4.39 Å². The van der Waals surface area contributed by atoms with E-state index in [9.17, 15) is 28.9 Å². The number of benzene rings is 2. The normalized spacial score (nSPS) is 12.5. The van der Waals surface area contributed by atoms with E-state index in [1.54, 1.807) is 0 Å². The summed E-state index contributed by atoms with van der Waals surface area (Å²) in [5.41, 5.74) is 5.74. The van der Waals surface area contributed by atoms with Crippen LogP contribution in [0.1, 0.15) is 36.9 Å². The van der Waals surface area contributed by atoms with Crippen LogP contribution in [0.25, 0.3) is 0 Å². The van der Waals surface area contributed by atoms with E-state index in [0.717, 1.165) is 17.7 Å². The number of primary amides is 1. The predicted molar refractivity (Wildman–Crippen MR) is 110 cm³/mol. The summed E-state index contributed by atoms with van der Waals surface area (Å²) in [5, 5.41) is 16.0. The van der Waals surface area contributed by atoms with Gasteiger partial charge in [-0.25, -0.2) is 0 Å². The fourth-order valence-corrected chi connectivity index (χ4v) is 2.92. The molecular weight excluding hydrogens is 407 g/mol. The van der Waals surface area contributed by atoms with Gasteiger partial charge >= 0.3 is 5.69 Å². The van der Waals surface area contributed by atoms with Gasteiger partial charge < -0.3 is 16.4 Å². The fourth-order valence-electron chi connectivity index (χ4n) is 2.92. The Hall–Kier alpha value is -3.82. The molecule has 2 aromatic rings. The van der Waals surface area contributed by atoms with E-state index in [0.29, 0.717) is 0 Å². The van der Waals surface area contributed by atoms with Gasteiger partial charge in [0.1, 0.15) is 6.04 Å². The van der Waals surface area contributed by atoms with E-state index in [-0.39, 0.29) is 36.8 Å². The highest BCUT2D eigenvalue weighted by atomic mass is 19.1. The van der Waals surface area contributed by atoms with Gasteiger partial charge in [0.05, 0.1) is 11.0 Å². The maximum absolute atomic E-state index is 13.5. The molecule has 0 spiro atoms. The molecule has 0 unspecified atom stereocenters. The first-order valence-electron chi connectivity index (χ1n) is 9.53. The number of nitrogens with two attached hydrogens (primary N) is 1. The van der Waals surface area contributed by atoms with Crippen LogP contribution in [0.5, 0.6) is 0 Å². The summed E-state index contributed by atoms with van der Waals surface area (Å²) in [5.74, 6) is -2.79. The molecule has 164 valence electrons. The zero-order chi connectivity index (χ0) is 23.0. The lowest BCUT2D eigenvalue weighted by atomic mass is 10.0. The minimum atomic E-state index is -1.16. The van der Waals surface area contributed by atoms with Crippen molar-refractivity contribution < 1.29 is 23.7 Å². The molecule has 0 bridgehead atoms. The third kappa shape index (κ3) is 7.18. The number of hydrogen-bond donors (Lipinski definition) is 3. The fraction of sp³-hybridized carbons (Fsp3) is 0.286. The van der Waals surface area contributed by atoms with Crippen LogP contribution in [0.2, 0.25) is 0 Å². The van der Waals surface area contributed by atoms with Crippen LogP contribution in [0, 0.1) is 15.9 Å². The Morgan fingerprint density at radius 1 is 1.06 bits per heavy atom. The van der Waals surface area contributed by atoms with Crippen molar-refractivity contribution in [3.63, 3.8) is 0 Å². The number of nitrogens with one attached hydrogen (secondary N) is 2. The van der Waals surface area contributed by atoms with Crippen LogP contribution >= 0.6 is 0 Å². The average Bonchev–Trinajstić information content (AvgIpc) is 2.73. The SMILES string of the molecule is C[C@@H](NC(=O)CCC(=O)N[C@@H](Cc1ccc(F)c([N+](=O)[O-])c1)C(N)=O)c1ccccc1. The van der Waals surface area contributed by atoms with E-state index in [2.05, 4.69) is 10.6 Å². The van der Waals surface area contributed by atoms with Crippen molar-refractivity contribution in [3.05, 3.63) is 75.6 Å². The largest absolute Gasteiger partial charge is 0.368 e. The lowest BCUT2D eigenvalue weighted by Gasteiger charge is -2.16. The highest BCUT2D eigenvalue weighted by Crippen LogP contribution is 2.19. The van der Waals surface area contributed by atoms with E-state index < -0.39 is 34.3 Å². The highest BCUT2D eigenvalue weighted by molar-refractivity contribution is 5.88. The molecule has 0 aliphatic heterocycles. The first kappa shape index (κ1) is 23.5. The molecule has 0 aliphatic rings. The smallest absolute Gasteiger partial charge is 0.305 e. The van der Waals surface area contributed by atoms with Gasteiger partial charge in [-0.3, -0.25) is 24.5 Å². The lowest BCUT2D eigenvalue weighted by Crippen LogP contribution is -2.46. The Labute approximate surface area is 178 Å². The van der Waals surface area contributed by atoms with Crippen LogP contribution in [-0.2, 0) is 20.8 Å². The molecular formula is C21H23FN4O5. The number of rotatable bonds is 10. The van der Waals surface area contributed by atoms with Gasteiger partial charge in [0.2, 0.25) is 23.5 Å². The Bertz CT molecular complexity index is 967. The third-order valence-corrected chi connectivity index (χ3v) is 4.58. The molecule has 2 aromatic carbocycles. The van der Waals surface area contributed by atoms with E-state index >= 15 is 0 Å². The maximum atomic E-state index is 13.5. The molecule has 0 saturated carbocycles. The van der Waals surface area contributed by atoms with Crippen molar-refractivity contribution in [1.82, 2.24) is 10.6 Å². The van der Waals surface area contributed by atoms with Gasteiger partial charge in [0.15, 0.2) is 0 Å². The molecule has 4 N–H and O–H groups in total. The van der Waals surface area contributed by atoms with Crippen molar-refractivity contribution in [2.45, 2.75) is 38.3 Å². The van der Waals surface area contributed by atoms with Crippen molar-refractivity contribution in [2.24, 2.45) is 5.73 Å². The molecule has 3 amide bonds. The Balaban J connectivity index is 1.89. The molecule has 0 saturated heterocycles. The number of hydrogen-bond acceptors (Lipinski definition) is 5. The van der Waals surface area contributed by atoms with Gasteiger partial charge in [0, 0.05) is 25.3 Å². The van der Waals surface area contributed by atoms with Gasteiger partial charge in [-0.1, -0.05) is 36.4 Å². The topological polar surface area (TPSA) is 144 Å². The van der Waals surface area contributed by atoms with Crippen LogP contribution in [0.3, 0.4) is 0 Å². The summed E-state index contributed by atoms with van der Waals surface area (Å²) in [4.78, 5) is 45.9. The minimum Gasteiger partial charge on any atom is -0.368 e. The van der Waals surface area contributed by atoms with Gasteiger partial charge in [-0.15, -0.1) is 0 Å². The zero-order valence-corrected chi connectivity index (χ0v) is 16.8. The first-order chi connectivity index (χ1) is 14.7. The second-order valence-electron chi connectivity index (χ2n) is 6.97. The van der Waals surface area contributed by atoms with Crippen molar-refractivity contribution >= 4 is 23.4 Å². The van der Waals surface area contributed by atoms with Gasteiger partial charge in [0.25, 0.3) is 0 Å². The van der Waals surface area contributed by atoms with Crippen LogP contribution in [-0.4, -0.2) is 28.7 Å². The molecule has 0 radical (unpaired) electrons. The van der Waals surface area contributed by atoms with Crippen LogP contribution < -0.4 is 16.4 Å². The molecule has 31 heavy (non-hydrogen) atoms.